The van der Waals surface area contributed by atoms with Crippen LogP contribution in [0, 0.1) is 0 Å². The zero-order valence-corrected chi connectivity index (χ0v) is 11.2. The number of benzene rings is 1. The first kappa shape index (κ1) is 13.6. The number of pyridine rings is 1. The smallest absolute Gasteiger partial charge is 0.337 e. The van der Waals surface area contributed by atoms with Crippen molar-refractivity contribution in [3.8, 4) is 0 Å². The van der Waals surface area contributed by atoms with Gasteiger partial charge in [-0.15, -0.1) is 0 Å². The zero-order chi connectivity index (χ0) is 13.8. The number of nitrogens with one attached hydrogen (secondary N) is 1. The predicted molar refractivity (Wildman–Crippen MR) is 75.0 cm³/mol. The molecule has 0 amide bonds. The Labute approximate surface area is 120 Å². The van der Waals surface area contributed by atoms with E-state index in [2.05, 4.69) is 10.3 Å². The van der Waals surface area contributed by atoms with E-state index in [4.69, 9.17) is 28.3 Å². The maximum Gasteiger partial charge on any atom is 0.337 e. The third-order valence-electron chi connectivity index (χ3n) is 2.46. The van der Waals surface area contributed by atoms with Gasteiger partial charge in [-0.05, 0) is 23.8 Å². The first-order valence-electron chi connectivity index (χ1n) is 5.43. The van der Waals surface area contributed by atoms with Gasteiger partial charge in [-0.25, -0.2) is 9.78 Å². The van der Waals surface area contributed by atoms with Gasteiger partial charge in [-0.1, -0.05) is 35.3 Å². The van der Waals surface area contributed by atoms with E-state index in [1.807, 2.05) is 12.1 Å². The number of hydrogen-bond acceptors (Lipinski definition) is 3. The Morgan fingerprint density at radius 2 is 1.95 bits per heavy atom. The second-order valence-electron chi connectivity index (χ2n) is 3.84. The van der Waals surface area contributed by atoms with Gasteiger partial charge in [-0.2, -0.15) is 0 Å². The lowest BCUT2D eigenvalue weighted by atomic mass is 10.2. The summed E-state index contributed by atoms with van der Waals surface area (Å²) in [4.78, 5) is 14.7. The van der Waals surface area contributed by atoms with Crippen LogP contribution in [0.5, 0.6) is 0 Å². The van der Waals surface area contributed by atoms with Crippen molar-refractivity contribution < 1.29 is 9.90 Å². The summed E-state index contributed by atoms with van der Waals surface area (Å²) >= 11 is 11.7. The highest BCUT2D eigenvalue weighted by molar-refractivity contribution is 6.33. The average molecular weight is 297 g/mol. The summed E-state index contributed by atoms with van der Waals surface area (Å²) in [5.74, 6) is -0.611. The van der Waals surface area contributed by atoms with Crippen molar-refractivity contribution in [3.05, 3.63) is 57.7 Å². The summed E-state index contributed by atoms with van der Waals surface area (Å²) in [6.07, 6.45) is 1.26. The summed E-state index contributed by atoms with van der Waals surface area (Å²) in [7, 11) is 0. The minimum atomic E-state index is -1.06. The van der Waals surface area contributed by atoms with Crippen molar-refractivity contribution in [1.82, 2.24) is 4.98 Å². The van der Waals surface area contributed by atoms with E-state index < -0.39 is 5.97 Å². The van der Waals surface area contributed by atoms with Crippen LogP contribution in [0.2, 0.25) is 10.0 Å². The van der Waals surface area contributed by atoms with Gasteiger partial charge in [0.15, 0.2) is 0 Å². The summed E-state index contributed by atoms with van der Waals surface area (Å²) in [6, 6.07) is 8.72. The van der Waals surface area contributed by atoms with E-state index in [1.54, 1.807) is 12.1 Å². The van der Waals surface area contributed by atoms with Gasteiger partial charge in [0.1, 0.15) is 5.82 Å². The average Bonchev–Trinajstić information content (AvgIpc) is 2.39. The van der Waals surface area contributed by atoms with E-state index in [1.165, 1.54) is 12.3 Å². The van der Waals surface area contributed by atoms with Crippen LogP contribution < -0.4 is 5.32 Å². The van der Waals surface area contributed by atoms with Crippen molar-refractivity contribution in [3.63, 3.8) is 0 Å². The van der Waals surface area contributed by atoms with Crippen LogP contribution in [-0.4, -0.2) is 16.1 Å². The molecule has 0 saturated heterocycles. The Balaban J connectivity index is 2.07. The molecule has 0 bridgehead atoms. The Bertz CT molecular complexity index is 600. The monoisotopic (exact) mass is 296 g/mol. The fourth-order valence-electron chi connectivity index (χ4n) is 1.47. The van der Waals surface area contributed by atoms with E-state index in [9.17, 15) is 4.79 Å². The highest BCUT2D eigenvalue weighted by atomic mass is 35.5. The number of carbonyl (C=O) groups is 1. The molecule has 6 heteroatoms. The van der Waals surface area contributed by atoms with Crippen LogP contribution in [0.4, 0.5) is 5.82 Å². The summed E-state index contributed by atoms with van der Waals surface area (Å²) in [6.45, 7) is 0.524. The van der Waals surface area contributed by atoms with Gasteiger partial charge in [0.2, 0.25) is 0 Å². The molecular weight excluding hydrogens is 287 g/mol. The van der Waals surface area contributed by atoms with Gasteiger partial charge in [0.05, 0.1) is 10.6 Å². The number of rotatable bonds is 4. The zero-order valence-electron chi connectivity index (χ0n) is 9.73. The summed E-state index contributed by atoms with van der Waals surface area (Å²) in [5.41, 5.74) is 1.08. The molecule has 1 aromatic carbocycles. The number of aromatic nitrogens is 1. The fourth-order valence-corrected chi connectivity index (χ4v) is 1.83. The third-order valence-corrected chi connectivity index (χ3v) is 3.00. The minimum Gasteiger partial charge on any atom is -0.478 e. The number of carboxylic acid groups (broad SMARTS) is 1. The van der Waals surface area contributed by atoms with Gasteiger partial charge in [0.25, 0.3) is 0 Å². The number of hydrogen-bond donors (Lipinski definition) is 2. The highest BCUT2D eigenvalue weighted by Gasteiger charge is 2.08. The van der Waals surface area contributed by atoms with Crippen LogP contribution in [-0.2, 0) is 6.54 Å². The topological polar surface area (TPSA) is 62.2 Å². The number of carboxylic acids is 1. The van der Waals surface area contributed by atoms with Crippen LogP contribution in [0.25, 0.3) is 0 Å². The normalized spacial score (nSPS) is 10.2. The SMILES string of the molecule is O=C(O)c1cnc(NCc2ccc(Cl)cc2)c(Cl)c1. The Hall–Kier alpha value is -1.78. The number of nitrogens with zero attached hydrogens (tertiary/aromatic N) is 1. The molecule has 0 aliphatic heterocycles. The number of halogens is 2. The maximum absolute atomic E-state index is 10.7. The Morgan fingerprint density at radius 3 is 2.53 bits per heavy atom. The van der Waals surface area contributed by atoms with Crippen LogP contribution in [0.3, 0.4) is 0 Å². The maximum atomic E-state index is 10.7. The molecule has 2 N–H and O–H groups in total. The first-order valence-corrected chi connectivity index (χ1v) is 6.19. The molecule has 2 rings (SSSR count). The molecule has 0 fully saturated rings. The molecule has 0 spiro atoms. The largest absolute Gasteiger partial charge is 0.478 e. The molecular formula is C13H10Cl2N2O2. The summed E-state index contributed by atoms with van der Waals surface area (Å²) < 4.78 is 0. The number of aromatic carboxylic acids is 1. The lowest BCUT2D eigenvalue weighted by molar-refractivity contribution is 0.0696. The molecule has 19 heavy (non-hydrogen) atoms. The Morgan fingerprint density at radius 1 is 1.26 bits per heavy atom. The molecule has 0 aliphatic rings. The molecule has 1 aromatic heterocycles. The Kier molecular flexibility index (Phi) is 4.24. The van der Waals surface area contributed by atoms with Crippen molar-refractivity contribution in [1.29, 1.82) is 0 Å². The minimum absolute atomic E-state index is 0.0574. The van der Waals surface area contributed by atoms with Gasteiger partial charge < -0.3 is 10.4 Å². The van der Waals surface area contributed by atoms with Crippen molar-refractivity contribution in [2.45, 2.75) is 6.54 Å². The molecule has 1 heterocycles. The first-order chi connectivity index (χ1) is 9.06. The number of anilines is 1. The molecule has 0 aliphatic carbocycles. The van der Waals surface area contributed by atoms with Crippen molar-refractivity contribution >= 4 is 35.0 Å². The molecule has 0 unspecified atom stereocenters. The van der Waals surface area contributed by atoms with Gasteiger partial charge in [-0.3, -0.25) is 0 Å². The van der Waals surface area contributed by atoms with E-state index >= 15 is 0 Å². The molecule has 2 aromatic rings. The van der Waals surface area contributed by atoms with Crippen molar-refractivity contribution in [2.75, 3.05) is 5.32 Å². The predicted octanol–water partition coefficient (Wildman–Crippen LogP) is 3.70. The second kappa shape index (κ2) is 5.91. The van der Waals surface area contributed by atoms with Crippen LogP contribution in [0.1, 0.15) is 15.9 Å². The fraction of sp³-hybridized carbons (Fsp3) is 0.0769. The third kappa shape index (κ3) is 3.59. The van der Waals surface area contributed by atoms with Gasteiger partial charge >= 0.3 is 5.97 Å². The molecule has 0 saturated carbocycles. The van der Waals surface area contributed by atoms with Crippen molar-refractivity contribution in [2.24, 2.45) is 0 Å². The molecule has 98 valence electrons. The van der Waals surface area contributed by atoms with Crippen LogP contribution >= 0.6 is 23.2 Å². The molecule has 0 atom stereocenters. The lowest BCUT2D eigenvalue weighted by Gasteiger charge is -2.08. The lowest BCUT2D eigenvalue weighted by Crippen LogP contribution is -2.04. The quantitative estimate of drug-likeness (QED) is 0.903. The highest BCUT2D eigenvalue weighted by Crippen LogP contribution is 2.21. The van der Waals surface area contributed by atoms with E-state index in [-0.39, 0.29) is 10.6 Å². The molecule has 0 radical (unpaired) electrons. The van der Waals surface area contributed by atoms with Gasteiger partial charge in [0, 0.05) is 17.8 Å². The molecule has 4 nitrogen and oxygen atoms in total. The van der Waals surface area contributed by atoms with E-state index in [0.29, 0.717) is 17.4 Å². The van der Waals surface area contributed by atoms with Crippen LogP contribution in [0.15, 0.2) is 36.5 Å². The standard InChI is InChI=1S/C13H10Cl2N2O2/c14-10-3-1-8(2-4-10)6-16-12-11(15)5-9(7-17-12)13(18)19/h1-5,7H,6H2,(H,16,17)(H,18,19). The van der Waals surface area contributed by atoms with E-state index in [0.717, 1.165) is 5.56 Å². The second-order valence-corrected chi connectivity index (χ2v) is 4.68. The summed E-state index contributed by atoms with van der Waals surface area (Å²) in [5, 5.41) is 12.8.